The van der Waals surface area contributed by atoms with Crippen LogP contribution < -0.4 is 10.1 Å². The fourth-order valence-electron chi connectivity index (χ4n) is 2.79. The van der Waals surface area contributed by atoms with Gasteiger partial charge in [0.05, 0.1) is 9.73 Å². The molecule has 0 aliphatic carbocycles. The number of alkyl halides is 3. The van der Waals surface area contributed by atoms with Crippen molar-refractivity contribution in [1.82, 2.24) is 10.2 Å². The zero-order valence-electron chi connectivity index (χ0n) is 17.0. The number of halogens is 5. The van der Waals surface area contributed by atoms with Gasteiger partial charge in [-0.25, -0.2) is 17.8 Å². The topological polar surface area (TPSA) is 105 Å². The number of nitrogens with one attached hydrogen (secondary N) is 2. The highest BCUT2D eigenvalue weighted by Crippen LogP contribution is 2.36. The van der Waals surface area contributed by atoms with Gasteiger partial charge in [0.25, 0.3) is 11.8 Å². The lowest BCUT2D eigenvalue weighted by molar-refractivity contribution is -0.142. The summed E-state index contributed by atoms with van der Waals surface area (Å²) in [5.41, 5.74) is -2.95. The van der Waals surface area contributed by atoms with Crippen molar-refractivity contribution < 1.29 is 35.7 Å². The van der Waals surface area contributed by atoms with E-state index in [0.29, 0.717) is 0 Å². The van der Waals surface area contributed by atoms with E-state index in [-0.39, 0.29) is 10.6 Å². The van der Waals surface area contributed by atoms with E-state index in [9.17, 15) is 31.0 Å². The fraction of sp³-hybridized carbons (Fsp3) is 0.150. The van der Waals surface area contributed by atoms with Crippen molar-refractivity contribution >= 4 is 21.3 Å². The van der Waals surface area contributed by atoms with E-state index >= 15 is 0 Å². The van der Waals surface area contributed by atoms with Gasteiger partial charge in [0.2, 0.25) is 5.75 Å². The first-order valence-corrected chi connectivity index (χ1v) is 11.0. The molecule has 0 spiro atoms. The first-order chi connectivity index (χ1) is 15.3. The van der Waals surface area contributed by atoms with E-state index in [1.807, 2.05) is 0 Å². The molecule has 0 bridgehead atoms. The molecule has 33 heavy (non-hydrogen) atoms. The molecular formula is C20H15F5N4O3S. The van der Waals surface area contributed by atoms with Crippen molar-refractivity contribution in [3.63, 3.8) is 0 Å². The molecule has 0 fully saturated rings. The Bertz CT molecular complexity index is 1320. The quantitative estimate of drug-likeness (QED) is 0.485. The number of carbonyl (C=O) groups is 1. The molecule has 7 nitrogen and oxygen atoms in total. The van der Waals surface area contributed by atoms with Gasteiger partial charge in [-0.3, -0.25) is 4.79 Å². The Morgan fingerprint density at radius 1 is 1.09 bits per heavy atom. The van der Waals surface area contributed by atoms with Crippen LogP contribution in [0.1, 0.15) is 21.6 Å². The first-order valence-electron chi connectivity index (χ1n) is 9.00. The van der Waals surface area contributed by atoms with Crippen molar-refractivity contribution in [2.45, 2.75) is 18.0 Å². The number of nitrogens with zero attached hydrogens (tertiary/aromatic N) is 2. The third-order valence-electron chi connectivity index (χ3n) is 4.34. The van der Waals surface area contributed by atoms with Gasteiger partial charge < -0.3 is 10.1 Å². The van der Waals surface area contributed by atoms with E-state index < -0.39 is 61.9 Å². The molecule has 0 aliphatic rings. The van der Waals surface area contributed by atoms with Crippen LogP contribution in [0.15, 0.2) is 47.4 Å². The summed E-state index contributed by atoms with van der Waals surface area (Å²) >= 11 is 0. The van der Waals surface area contributed by atoms with Crippen LogP contribution in [0.5, 0.6) is 11.6 Å². The molecule has 1 aromatic heterocycles. The summed E-state index contributed by atoms with van der Waals surface area (Å²) < 4.78 is 92.6. The lowest BCUT2D eigenvalue weighted by atomic mass is 10.1. The van der Waals surface area contributed by atoms with Gasteiger partial charge in [0, 0.05) is 16.8 Å². The maximum atomic E-state index is 14.0. The second-order valence-corrected chi connectivity index (χ2v) is 8.99. The van der Waals surface area contributed by atoms with Crippen LogP contribution in [0.4, 0.5) is 27.6 Å². The number of hydrogen-bond acceptors (Lipinski definition) is 6. The molecule has 2 N–H and O–H groups in total. The molecule has 1 unspecified atom stereocenters. The Morgan fingerprint density at radius 3 is 2.27 bits per heavy atom. The van der Waals surface area contributed by atoms with Crippen LogP contribution in [0.25, 0.3) is 0 Å². The molecule has 0 aliphatic heterocycles. The normalized spacial score (nSPS) is 13.3. The Hall–Kier alpha value is -3.61. The van der Waals surface area contributed by atoms with E-state index in [4.69, 9.17) is 9.52 Å². The van der Waals surface area contributed by atoms with E-state index in [2.05, 4.69) is 15.5 Å². The number of carbonyl (C=O) groups excluding carboxylic acids is 1. The summed E-state index contributed by atoms with van der Waals surface area (Å²) in [5, 5.41) is 8.55. The summed E-state index contributed by atoms with van der Waals surface area (Å²) in [6.07, 6.45) is -3.83. The number of hydrogen-bond donors (Lipinski definition) is 2. The number of amides is 1. The smallest absolute Gasteiger partial charge is 0.431 e. The summed E-state index contributed by atoms with van der Waals surface area (Å²) in [4.78, 5) is 13.0. The number of ether oxygens (including phenoxy) is 1. The molecule has 3 rings (SSSR count). The number of anilines is 1. The fourth-order valence-corrected chi connectivity index (χ4v) is 3.48. The van der Waals surface area contributed by atoms with Crippen molar-refractivity contribution in [2.24, 2.45) is 0 Å². The van der Waals surface area contributed by atoms with E-state index in [1.165, 1.54) is 24.3 Å². The van der Waals surface area contributed by atoms with Gasteiger partial charge in [-0.15, -0.1) is 10.2 Å². The molecule has 3 aromatic rings. The zero-order valence-corrected chi connectivity index (χ0v) is 17.8. The van der Waals surface area contributed by atoms with Gasteiger partial charge >= 0.3 is 6.18 Å². The van der Waals surface area contributed by atoms with Crippen LogP contribution in [-0.4, -0.2) is 26.6 Å². The third-order valence-corrected chi connectivity index (χ3v) is 5.49. The average Bonchev–Trinajstić information content (AvgIpc) is 2.69. The highest BCUT2D eigenvalue weighted by molar-refractivity contribution is 7.91. The Balaban J connectivity index is 2.11. The van der Waals surface area contributed by atoms with Gasteiger partial charge in [0.1, 0.15) is 5.56 Å². The van der Waals surface area contributed by atoms with Crippen molar-refractivity contribution in [3.05, 3.63) is 70.9 Å². The van der Waals surface area contributed by atoms with E-state index in [0.717, 1.165) is 31.4 Å². The summed E-state index contributed by atoms with van der Waals surface area (Å²) in [6, 6.07) is 8.04. The number of aromatic nitrogens is 2. The molecule has 1 atom stereocenters. The molecule has 0 saturated carbocycles. The largest absolute Gasteiger partial charge is 0.435 e. The predicted molar refractivity (Wildman–Crippen MR) is 108 cm³/mol. The molecule has 0 radical (unpaired) electrons. The highest BCUT2D eigenvalue weighted by atomic mass is 32.2. The summed E-state index contributed by atoms with van der Waals surface area (Å²) in [6.45, 7) is 0.927. The van der Waals surface area contributed by atoms with Gasteiger partial charge in [-0.1, -0.05) is 12.1 Å². The van der Waals surface area contributed by atoms with Crippen LogP contribution in [0.2, 0.25) is 0 Å². The van der Waals surface area contributed by atoms with E-state index in [1.54, 1.807) is 0 Å². The molecular weight excluding hydrogens is 471 g/mol. The number of rotatable bonds is 5. The van der Waals surface area contributed by atoms with Gasteiger partial charge in [-0.05, 0) is 42.8 Å². The standard InChI is InChI=1S/C20H15F5N4O3S/c1-10-15(18(30)27-11-5-3-6-12(9-11)33(2,26)31)19(29-28-17(10)20(23,24)25)32-16-13(21)7-4-8-14(16)22/h3-9,26H,1-2H3,(H,27,30). The molecule has 2 aromatic carbocycles. The lowest BCUT2D eigenvalue weighted by Crippen LogP contribution is -2.21. The van der Waals surface area contributed by atoms with Crippen LogP contribution >= 0.6 is 0 Å². The molecule has 174 valence electrons. The van der Waals surface area contributed by atoms with Crippen LogP contribution in [-0.2, 0) is 15.9 Å². The number of benzene rings is 2. The molecule has 1 amide bonds. The molecule has 0 saturated heterocycles. The Kier molecular flexibility index (Phi) is 6.36. The van der Waals surface area contributed by atoms with Crippen LogP contribution in [0, 0.1) is 23.3 Å². The second-order valence-electron chi connectivity index (χ2n) is 6.83. The van der Waals surface area contributed by atoms with Crippen molar-refractivity contribution in [3.8, 4) is 11.6 Å². The monoisotopic (exact) mass is 486 g/mol. The van der Waals surface area contributed by atoms with Crippen molar-refractivity contribution in [2.75, 3.05) is 11.6 Å². The minimum atomic E-state index is -4.98. The molecule has 13 heteroatoms. The van der Waals surface area contributed by atoms with Gasteiger partial charge in [0.15, 0.2) is 17.3 Å². The predicted octanol–water partition coefficient (Wildman–Crippen LogP) is 5.16. The van der Waals surface area contributed by atoms with Gasteiger partial charge in [-0.2, -0.15) is 13.2 Å². The maximum Gasteiger partial charge on any atom is 0.435 e. The minimum absolute atomic E-state index is 0.00659. The average molecular weight is 486 g/mol. The Morgan fingerprint density at radius 2 is 1.70 bits per heavy atom. The third kappa shape index (κ3) is 5.25. The van der Waals surface area contributed by atoms with Crippen molar-refractivity contribution in [1.29, 1.82) is 4.78 Å². The van der Waals surface area contributed by atoms with Crippen LogP contribution in [0.3, 0.4) is 0 Å². The second kappa shape index (κ2) is 8.73. The lowest BCUT2D eigenvalue weighted by Gasteiger charge is -2.16. The minimum Gasteiger partial charge on any atom is -0.431 e. The summed E-state index contributed by atoms with van der Waals surface area (Å²) in [7, 11) is -3.15. The molecule has 1 heterocycles. The SMILES string of the molecule is Cc1c(C(F)(F)F)nnc(Oc2c(F)cccc2F)c1C(=O)Nc1cccc(S(C)(=N)=O)c1. The zero-order chi connectivity index (χ0) is 24.6. The number of para-hydroxylation sites is 1. The first kappa shape index (κ1) is 24.0. The highest BCUT2D eigenvalue weighted by Gasteiger charge is 2.38. The summed E-state index contributed by atoms with van der Waals surface area (Å²) in [5.74, 6) is -5.37. The maximum absolute atomic E-state index is 14.0. The Labute approximate surface area is 184 Å².